The highest BCUT2D eigenvalue weighted by molar-refractivity contribution is 6.28. The quantitative estimate of drug-likeness (QED) is 0.847. The number of aromatic nitrogens is 3. The van der Waals surface area contributed by atoms with Crippen molar-refractivity contribution < 1.29 is 4.42 Å². The van der Waals surface area contributed by atoms with Crippen LogP contribution >= 0.6 is 11.6 Å². The van der Waals surface area contributed by atoms with Gasteiger partial charge in [-0.25, -0.2) is 0 Å². The second kappa shape index (κ2) is 6.30. The monoisotopic (exact) mass is 307 g/mol. The lowest BCUT2D eigenvalue weighted by Crippen LogP contribution is -2.27. The molecule has 2 heterocycles. The summed E-state index contributed by atoms with van der Waals surface area (Å²) in [6.07, 6.45) is 4.95. The molecule has 2 aromatic heterocycles. The first-order valence-electron chi connectivity index (χ1n) is 7.20. The molecule has 0 spiro atoms. The second-order valence-corrected chi connectivity index (χ2v) is 5.43. The summed E-state index contributed by atoms with van der Waals surface area (Å²) < 4.78 is 5.43. The number of nitrogens with one attached hydrogen (secondary N) is 1. The highest BCUT2D eigenvalue weighted by atomic mass is 35.5. The van der Waals surface area contributed by atoms with Gasteiger partial charge in [0, 0.05) is 12.6 Å². The van der Waals surface area contributed by atoms with Crippen LogP contribution in [0.3, 0.4) is 0 Å². The number of rotatable bonds is 7. The van der Waals surface area contributed by atoms with Crippen LogP contribution in [0.5, 0.6) is 0 Å². The Morgan fingerprint density at radius 2 is 2.24 bits per heavy atom. The minimum Gasteiger partial charge on any atom is -0.467 e. The van der Waals surface area contributed by atoms with E-state index < -0.39 is 0 Å². The van der Waals surface area contributed by atoms with Crippen molar-refractivity contribution in [3.8, 4) is 0 Å². The van der Waals surface area contributed by atoms with Crippen LogP contribution in [0.2, 0.25) is 5.28 Å². The molecule has 0 saturated heterocycles. The third-order valence-electron chi connectivity index (χ3n) is 3.28. The molecule has 1 fully saturated rings. The van der Waals surface area contributed by atoms with E-state index in [1.165, 1.54) is 0 Å². The molecule has 6 nitrogen and oxygen atoms in total. The Morgan fingerprint density at radius 3 is 2.90 bits per heavy atom. The van der Waals surface area contributed by atoms with Gasteiger partial charge in [0.1, 0.15) is 5.76 Å². The van der Waals surface area contributed by atoms with E-state index in [0.717, 1.165) is 31.6 Å². The molecular weight excluding hydrogens is 290 g/mol. The van der Waals surface area contributed by atoms with Crippen LogP contribution < -0.4 is 10.2 Å². The Hall–Kier alpha value is -1.82. The van der Waals surface area contributed by atoms with E-state index in [-0.39, 0.29) is 5.28 Å². The molecular formula is C14H18ClN5O. The van der Waals surface area contributed by atoms with E-state index in [0.29, 0.717) is 24.5 Å². The first-order chi connectivity index (χ1) is 10.3. The van der Waals surface area contributed by atoms with E-state index in [2.05, 4.69) is 32.1 Å². The Bertz CT molecular complexity index is 585. The molecule has 1 saturated carbocycles. The molecule has 21 heavy (non-hydrogen) atoms. The van der Waals surface area contributed by atoms with Crippen molar-refractivity contribution in [3.63, 3.8) is 0 Å². The highest BCUT2D eigenvalue weighted by Gasteiger charge is 2.32. The Morgan fingerprint density at radius 1 is 1.38 bits per heavy atom. The summed E-state index contributed by atoms with van der Waals surface area (Å²) in [5.74, 6) is 2.02. The molecule has 2 aromatic rings. The zero-order chi connectivity index (χ0) is 14.7. The van der Waals surface area contributed by atoms with Crippen LogP contribution in [0, 0.1) is 0 Å². The largest absolute Gasteiger partial charge is 0.467 e. The van der Waals surface area contributed by atoms with Gasteiger partial charge in [-0.2, -0.15) is 15.0 Å². The normalized spacial score (nSPS) is 14.2. The van der Waals surface area contributed by atoms with Crippen LogP contribution in [-0.4, -0.2) is 27.5 Å². The summed E-state index contributed by atoms with van der Waals surface area (Å²) in [5, 5.41) is 3.36. The van der Waals surface area contributed by atoms with E-state index in [9.17, 15) is 0 Å². The maximum Gasteiger partial charge on any atom is 0.232 e. The van der Waals surface area contributed by atoms with Gasteiger partial charge in [0.2, 0.25) is 17.2 Å². The lowest BCUT2D eigenvalue weighted by molar-refractivity contribution is 0.499. The molecule has 1 aliphatic carbocycles. The standard InChI is InChI=1S/C14H18ClN5O/c1-2-7-16-13-17-12(15)18-14(19-13)20(10-5-6-10)9-11-4-3-8-21-11/h3-4,8,10H,2,5-7,9H2,1H3,(H,16,17,18,19). The van der Waals surface area contributed by atoms with Crippen LogP contribution in [-0.2, 0) is 6.54 Å². The predicted octanol–water partition coefficient (Wildman–Crippen LogP) is 3.11. The van der Waals surface area contributed by atoms with E-state index in [1.807, 2.05) is 12.1 Å². The minimum absolute atomic E-state index is 0.212. The zero-order valence-electron chi connectivity index (χ0n) is 11.9. The lowest BCUT2D eigenvalue weighted by atomic mass is 10.4. The van der Waals surface area contributed by atoms with Gasteiger partial charge < -0.3 is 14.6 Å². The van der Waals surface area contributed by atoms with E-state index in [1.54, 1.807) is 6.26 Å². The first kappa shape index (κ1) is 14.1. The van der Waals surface area contributed by atoms with Crippen molar-refractivity contribution in [1.82, 2.24) is 15.0 Å². The third kappa shape index (κ3) is 3.64. The number of furan rings is 1. The summed E-state index contributed by atoms with van der Waals surface area (Å²) in [6, 6.07) is 4.29. The second-order valence-electron chi connectivity index (χ2n) is 5.09. The fourth-order valence-electron chi connectivity index (χ4n) is 2.10. The highest BCUT2D eigenvalue weighted by Crippen LogP contribution is 2.32. The van der Waals surface area contributed by atoms with Gasteiger partial charge in [0.05, 0.1) is 12.8 Å². The fourth-order valence-corrected chi connectivity index (χ4v) is 2.26. The summed E-state index contributed by atoms with van der Waals surface area (Å²) in [5.41, 5.74) is 0. The number of hydrogen-bond acceptors (Lipinski definition) is 6. The molecule has 7 heteroatoms. The van der Waals surface area contributed by atoms with Gasteiger partial charge in [-0.05, 0) is 43.0 Å². The van der Waals surface area contributed by atoms with Crippen LogP contribution in [0.25, 0.3) is 0 Å². The molecule has 3 rings (SSSR count). The minimum atomic E-state index is 0.212. The van der Waals surface area contributed by atoms with Crippen molar-refractivity contribution in [2.75, 3.05) is 16.8 Å². The summed E-state index contributed by atoms with van der Waals surface area (Å²) in [6.45, 7) is 3.54. The van der Waals surface area contributed by atoms with Gasteiger partial charge in [-0.1, -0.05) is 6.92 Å². The summed E-state index contributed by atoms with van der Waals surface area (Å²) >= 11 is 6.03. The van der Waals surface area contributed by atoms with E-state index >= 15 is 0 Å². The lowest BCUT2D eigenvalue weighted by Gasteiger charge is -2.21. The molecule has 0 atom stereocenters. The SMILES string of the molecule is CCCNc1nc(Cl)nc(N(Cc2ccco2)C2CC2)n1. The Labute approximate surface area is 128 Å². The molecule has 0 unspecified atom stereocenters. The van der Waals surface area contributed by atoms with E-state index in [4.69, 9.17) is 16.0 Å². The topological polar surface area (TPSA) is 67.1 Å². The molecule has 1 aliphatic rings. The van der Waals surface area contributed by atoms with Crippen molar-refractivity contribution in [2.45, 2.75) is 38.8 Å². The maximum atomic E-state index is 6.03. The fraction of sp³-hybridized carbons (Fsp3) is 0.500. The van der Waals surface area contributed by atoms with Crippen LogP contribution in [0.15, 0.2) is 22.8 Å². The molecule has 112 valence electrons. The van der Waals surface area contributed by atoms with Crippen LogP contribution in [0.4, 0.5) is 11.9 Å². The summed E-state index contributed by atoms with van der Waals surface area (Å²) in [7, 11) is 0. The predicted molar refractivity (Wildman–Crippen MR) is 81.5 cm³/mol. The molecule has 0 amide bonds. The van der Waals surface area contributed by atoms with Gasteiger partial charge in [0.25, 0.3) is 0 Å². The van der Waals surface area contributed by atoms with Crippen molar-refractivity contribution in [1.29, 1.82) is 0 Å². The third-order valence-corrected chi connectivity index (χ3v) is 3.45. The van der Waals surface area contributed by atoms with Gasteiger partial charge in [-0.3, -0.25) is 0 Å². The molecule has 0 bridgehead atoms. The average molecular weight is 308 g/mol. The number of anilines is 2. The molecule has 0 aliphatic heterocycles. The van der Waals surface area contributed by atoms with Crippen molar-refractivity contribution in [3.05, 3.63) is 29.4 Å². The Balaban J connectivity index is 1.82. The Kier molecular flexibility index (Phi) is 4.24. The van der Waals surface area contributed by atoms with Crippen LogP contribution in [0.1, 0.15) is 31.9 Å². The zero-order valence-corrected chi connectivity index (χ0v) is 12.7. The molecule has 1 N–H and O–H groups in total. The average Bonchev–Trinajstić information content (AvgIpc) is 3.18. The smallest absolute Gasteiger partial charge is 0.232 e. The van der Waals surface area contributed by atoms with Gasteiger partial charge in [-0.15, -0.1) is 0 Å². The summed E-state index contributed by atoms with van der Waals surface area (Å²) in [4.78, 5) is 15.0. The first-order valence-corrected chi connectivity index (χ1v) is 7.58. The van der Waals surface area contributed by atoms with Crippen molar-refractivity contribution >= 4 is 23.5 Å². The molecule has 0 radical (unpaired) electrons. The molecule has 0 aromatic carbocycles. The van der Waals surface area contributed by atoms with Gasteiger partial charge in [0.15, 0.2) is 0 Å². The number of hydrogen-bond donors (Lipinski definition) is 1. The van der Waals surface area contributed by atoms with Gasteiger partial charge >= 0.3 is 0 Å². The number of nitrogens with zero attached hydrogens (tertiary/aromatic N) is 4. The number of halogens is 1. The van der Waals surface area contributed by atoms with Crippen molar-refractivity contribution in [2.24, 2.45) is 0 Å². The maximum absolute atomic E-state index is 6.03.